The van der Waals surface area contributed by atoms with E-state index in [4.69, 9.17) is 14.1 Å². The van der Waals surface area contributed by atoms with E-state index in [9.17, 15) is 4.79 Å². The fraction of sp³-hybridized carbons (Fsp3) is 0.632. The van der Waals surface area contributed by atoms with Gasteiger partial charge in [0.15, 0.2) is 5.89 Å². The zero-order valence-corrected chi connectivity index (χ0v) is 14.9. The Balaban J connectivity index is 1.28. The van der Waals surface area contributed by atoms with Crippen LogP contribution in [0.25, 0.3) is 0 Å². The van der Waals surface area contributed by atoms with Crippen molar-refractivity contribution in [3.8, 4) is 0 Å². The number of hydrogen-bond acceptors (Lipinski definition) is 5. The highest BCUT2D eigenvalue weighted by molar-refractivity contribution is 5.79. The first-order chi connectivity index (χ1) is 12.8. The summed E-state index contributed by atoms with van der Waals surface area (Å²) in [6, 6.07) is 2.02. The average Bonchev–Trinajstić information content (AvgIpc) is 3.33. The number of ether oxygens (including phenoxy) is 1. The number of oxazole rings is 1. The molecule has 5 heterocycles. The van der Waals surface area contributed by atoms with E-state index in [0.29, 0.717) is 12.5 Å². The van der Waals surface area contributed by atoms with Crippen LogP contribution in [0.3, 0.4) is 0 Å². The maximum Gasteiger partial charge on any atom is 0.226 e. The molecule has 0 radical (unpaired) electrons. The summed E-state index contributed by atoms with van der Waals surface area (Å²) >= 11 is 0. The van der Waals surface area contributed by atoms with Crippen molar-refractivity contribution in [2.24, 2.45) is 5.92 Å². The Morgan fingerprint density at radius 3 is 2.96 bits per heavy atom. The van der Waals surface area contributed by atoms with Crippen LogP contribution in [0.1, 0.15) is 48.2 Å². The van der Waals surface area contributed by atoms with Crippen LogP contribution in [-0.4, -0.2) is 45.3 Å². The molecule has 1 unspecified atom stereocenters. The van der Waals surface area contributed by atoms with Gasteiger partial charge >= 0.3 is 0 Å². The van der Waals surface area contributed by atoms with Gasteiger partial charge in [0.1, 0.15) is 11.5 Å². The molecule has 0 aromatic carbocycles. The number of rotatable bonds is 2. The van der Waals surface area contributed by atoms with Crippen LogP contribution >= 0.6 is 0 Å². The molecule has 1 amide bonds. The standard InChI is InChI=1S/C19H24N4O3/c24-19(14-2-8-23-15(11-14)1-6-20-23)22-7-3-17-16(12-22)21-18(26-17)13-4-9-25-10-5-13/h1,6,13-14H,2-5,7-12H2. The van der Waals surface area contributed by atoms with Gasteiger partial charge in [0.05, 0.1) is 6.54 Å². The Kier molecular flexibility index (Phi) is 4.04. The Morgan fingerprint density at radius 2 is 2.08 bits per heavy atom. The zero-order valence-electron chi connectivity index (χ0n) is 14.9. The molecule has 0 spiro atoms. The molecule has 138 valence electrons. The predicted octanol–water partition coefficient (Wildman–Crippen LogP) is 1.91. The number of carbonyl (C=O) groups excluding carboxylic acids is 1. The van der Waals surface area contributed by atoms with Gasteiger partial charge in [-0.2, -0.15) is 5.10 Å². The lowest BCUT2D eigenvalue weighted by Gasteiger charge is -2.31. The van der Waals surface area contributed by atoms with E-state index in [2.05, 4.69) is 5.10 Å². The topological polar surface area (TPSA) is 73.4 Å². The van der Waals surface area contributed by atoms with Gasteiger partial charge in [-0.05, 0) is 25.3 Å². The van der Waals surface area contributed by atoms with Gasteiger partial charge in [0, 0.05) is 62.9 Å². The molecule has 1 atom stereocenters. The summed E-state index contributed by atoms with van der Waals surface area (Å²) in [5, 5.41) is 4.30. The number of carbonyl (C=O) groups is 1. The number of nitrogens with zero attached hydrogens (tertiary/aromatic N) is 4. The molecular weight excluding hydrogens is 332 g/mol. The van der Waals surface area contributed by atoms with Crippen molar-refractivity contribution in [3.05, 3.63) is 35.3 Å². The van der Waals surface area contributed by atoms with Crippen LogP contribution in [0.2, 0.25) is 0 Å². The number of fused-ring (bicyclic) bond motifs is 2. The van der Waals surface area contributed by atoms with E-state index >= 15 is 0 Å². The van der Waals surface area contributed by atoms with E-state index in [1.165, 1.54) is 0 Å². The highest BCUT2D eigenvalue weighted by atomic mass is 16.5. The molecule has 5 rings (SSSR count). The monoisotopic (exact) mass is 356 g/mol. The second-order valence-electron chi connectivity index (χ2n) is 7.55. The van der Waals surface area contributed by atoms with E-state index in [1.54, 1.807) is 0 Å². The first-order valence-electron chi connectivity index (χ1n) is 9.63. The third kappa shape index (κ3) is 2.84. The Labute approximate surface area is 152 Å². The summed E-state index contributed by atoms with van der Waals surface area (Å²) in [5.41, 5.74) is 2.11. The minimum Gasteiger partial charge on any atom is -0.445 e. The van der Waals surface area contributed by atoms with Crippen LogP contribution in [0.5, 0.6) is 0 Å². The normalized spacial score (nSPS) is 23.5. The number of aryl methyl sites for hydroxylation is 1. The van der Waals surface area contributed by atoms with Crippen molar-refractivity contribution in [2.45, 2.75) is 51.1 Å². The number of aromatic nitrogens is 3. The van der Waals surface area contributed by atoms with E-state index in [0.717, 1.165) is 81.4 Å². The van der Waals surface area contributed by atoms with Crippen molar-refractivity contribution in [2.75, 3.05) is 19.8 Å². The number of hydrogen-bond donors (Lipinski definition) is 0. The third-order valence-electron chi connectivity index (χ3n) is 5.93. The summed E-state index contributed by atoms with van der Waals surface area (Å²) in [6.45, 7) is 3.69. The molecule has 26 heavy (non-hydrogen) atoms. The molecule has 0 N–H and O–H groups in total. The lowest BCUT2D eigenvalue weighted by Crippen LogP contribution is -2.41. The molecule has 7 heteroatoms. The molecule has 2 aromatic rings. The molecule has 1 saturated heterocycles. The zero-order chi connectivity index (χ0) is 17.5. The molecule has 2 aromatic heterocycles. The van der Waals surface area contributed by atoms with Crippen molar-refractivity contribution >= 4 is 5.91 Å². The smallest absolute Gasteiger partial charge is 0.226 e. The van der Waals surface area contributed by atoms with Gasteiger partial charge in [-0.25, -0.2) is 4.98 Å². The summed E-state index contributed by atoms with van der Waals surface area (Å²) in [7, 11) is 0. The molecule has 0 saturated carbocycles. The summed E-state index contributed by atoms with van der Waals surface area (Å²) in [6.07, 6.45) is 6.18. The molecule has 3 aliphatic heterocycles. The van der Waals surface area contributed by atoms with Gasteiger partial charge in [0.25, 0.3) is 0 Å². The van der Waals surface area contributed by atoms with Crippen LogP contribution in [0, 0.1) is 5.92 Å². The van der Waals surface area contributed by atoms with Gasteiger partial charge < -0.3 is 14.1 Å². The van der Waals surface area contributed by atoms with E-state index < -0.39 is 0 Å². The van der Waals surface area contributed by atoms with Crippen molar-refractivity contribution in [1.29, 1.82) is 0 Å². The largest absolute Gasteiger partial charge is 0.445 e. The fourth-order valence-electron chi connectivity index (χ4n) is 4.36. The highest BCUT2D eigenvalue weighted by Crippen LogP contribution is 2.31. The fourth-order valence-corrected chi connectivity index (χ4v) is 4.36. The maximum atomic E-state index is 13.0. The van der Waals surface area contributed by atoms with Crippen molar-refractivity contribution in [3.63, 3.8) is 0 Å². The number of amides is 1. The Morgan fingerprint density at radius 1 is 1.19 bits per heavy atom. The lowest BCUT2D eigenvalue weighted by atomic mass is 9.94. The first-order valence-corrected chi connectivity index (χ1v) is 9.63. The second kappa shape index (κ2) is 6.54. The SMILES string of the molecule is O=C(C1CCn2nccc2C1)N1CCc2oc(C3CCOCC3)nc2C1. The minimum absolute atomic E-state index is 0.0580. The Hall–Kier alpha value is -2.15. The van der Waals surface area contributed by atoms with Crippen LogP contribution in [0.4, 0.5) is 0 Å². The maximum absolute atomic E-state index is 13.0. The minimum atomic E-state index is 0.0580. The average molecular weight is 356 g/mol. The highest BCUT2D eigenvalue weighted by Gasteiger charge is 2.33. The van der Waals surface area contributed by atoms with Crippen LogP contribution in [0.15, 0.2) is 16.7 Å². The lowest BCUT2D eigenvalue weighted by molar-refractivity contribution is -0.137. The Bertz CT molecular complexity index is 806. The third-order valence-corrected chi connectivity index (χ3v) is 5.93. The van der Waals surface area contributed by atoms with Gasteiger partial charge in [-0.1, -0.05) is 0 Å². The quantitative estimate of drug-likeness (QED) is 0.822. The van der Waals surface area contributed by atoms with Crippen molar-refractivity contribution in [1.82, 2.24) is 19.7 Å². The summed E-state index contributed by atoms with van der Waals surface area (Å²) in [5.74, 6) is 2.48. The molecule has 7 nitrogen and oxygen atoms in total. The summed E-state index contributed by atoms with van der Waals surface area (Å²) in [4.78, 5) is 19.7. The second-order valence-corrected chi connectivity index (χ2v) is 7.55. The summed E-state index contributed by atoms with van der Waals surface area (Å²) < 4.78 is 13.5. The van der Waals surface area contributed by atoms with Gasteiger partial charge in [0.2, 0.25) is 5.91 Å². The van der Waals surface area contributed by atoms with Gasteiger partial charge in [-0.15, -0.1) is 0 Å². The molecule has 0 aliphatic carbocycles. The van der Waals surface area contributed by atoms with Crippen LogP contribution < -0.4 is 0 Å². The molecular formula is C19H24N4O3. The molecule has 3 aliphatic rings. The van der Waals surface area contributed by atoms with Crippen LogP contribution in [-0.2, 0) is 35.5 Å². The molecule has 1 fully saturated rings. The molecule has 0 bridgehead atoms. The van der Waals surface area contributed by atoms with E-state index in [1.807, 2.05) is 21.8 Å². The van der Waals surface area contributed by atoms with Crippen molar-refractivity contribution < 1.29 is 13.9 Å². The van der Waals surface area contributed by atoms with Gasteiger partial charge in [-0.3, -0.25) is 9.48 Å². The first kappa shape index (κ1) is 16.1. The van der Waals surface area contributed by atoms with E-state index in [-0.39, 0.29) is 11.8 Å². The predicted molar refractivity (Wildman–Crippen MR) is 92.5 cm³/mol.